The van der Waals surface area contributed by atoms with Crippen LogP contribution in [-0.4, -0.2) is 51.9 Å². The number of rotatable bonds is 8. The normalized spacial score (nSPS) is 26.6. The second-order valence-corrected chi connectivity index (χ2v) is 9.45. The molecule has 0 radical (unpaired) electrons. The quantitative estimate of drug-likeness (QED) is 0.612. The number of nitrogens with zero attached hydrogens (tertiary/aromatic N) is 2. The monoisotopic (exact) mass is 412 g/mol. The fourth-order valence-corrected chi connectivity index (χ4v) is 5.62. The Morgan fingerprint density at radius 2 is 1.77 bits per heavy atom. The Morgan fingerprint density at radius 1 is 1.10 bits per heavy atom. The Labute approximate surface area is 180 Å². The zero-order valence-corrected chi connectivity index (χ0v) is 18.6. The number of hydrogen-bond donors (Lipinski definition) is 1. The molecule has 1 saturated heterocycles. The number of carboxylic acids is 1. The van der Waals surface area contributed by atoms with Crippen molar-refractivity contribution >= 4 is 12.0 Å². The van der Waals surface area contributed by atoms with Crippen LogP contribution in [0.3, 0.4) is 0 Å². The van der Waals surface area contributed by atoms with Gasteiger partial charge in [0.25, 0.3) is 0 Å². The van der Waals surface area contributed by atoms with Gasteiger partial charge in [-0.3, -0.25) is 4.90 Å². The van der Waals surface area contributed by atoms with Crippen LogP contribution >= 0.6 is 0 Å². The molecule has 2 heterocycles. The van der Waals surface area contributed by atoms with Gasteiger partial charge in [0.2, 0.25) is 0 Å². The van der Waals surface area contributed by atoms with Gasteiger partial charge in [-0.05, 0) is 65.2 Å². The molecule has 1 N–H and O–H groups in total. The number of carbonyl (C=O) groups is 1. The van der Waals surface area contributed by atoms with E-state index in [2.05, 4.69) is 23.0 Å². The molecule has 1 aromatic rings. The zero-order chi connectivity index (χ0) is 21.4. The maximum absolute atomic E-state index is 11.9. The summed E-state index contributed by atoms with van der Waals surface area (Å²) in [4.78, 5) is 14.5. The fraction of sp³-hybridized carbons (Fsp3) is 0.640. The van der Waals surface area contributed by atoms with Crippen LogP contribution in [0, 0.1) is 19.8 Å². The third kappa shape index (κ3) is 4.15. The van der Waals surface area contributed by atoms with Gasteiger partial charge in [-0.25, -0.2) is 4.79 Å². The highest BCUT2D eigenvalue weighted by molar-refractivity contribution is 5.94. The summed E-state index contributed by atoms with van der Waals surface area (Å²) in [5, 5.41) is 9.80. The topological polar surface area (TPSA) is 54.7 Å². The highest BCUT2D eigenvalue weighted by Crippen LogP contribution is 2.39. The van der Waals surface area contributed by atoms with Gasteiger partial charge in [-0.2, -0.15) is 0 Å². The van der Waals surface area contributed by atoms with E-state index in [1.807, 2.05) is 26.0 Å². The molecule has 0 unspecified atom stereocenters. The summed E-state index contributed by atoms with van der Waals surface area (Å²) in [6.45, 7) is 12.2. The lowest BCUT2D eigenvalue weighted by molar-refractivity contribution is -0.0864. The van der Waals surface area contributed by atoms with E-state index in [0.29, 0.717) is 35.8 Å². The van der Waals surface area contributed by atoms with E-state index in [-0.39, 0.29) is 0 Å². The van der Waals surface area contributed by atoms with E-state index >= 15 is 0 Å². The molecule has 1 aliphatic heterocycles. The van der Waals surface area contributed by atoms with Crippen molar-refractivity contribution in [2.45, 2.75) is 83.6 Å². The summed E-state index contributed by atoms with van der Waals surface area (Å²) in [6.07, 6.45) is 13.8. The third-order valence-corrected chi connectivity index (χ3v) is 7.49. The number of aromatic carboxylic acids is 1. The molecule has 2 aliphatic carbocycles. The predicted molar refractivity (Wildman–Crippen MR) is 120 cm³/mol. The summed E-state index contributed by atoms with van der Waals surface area (Å²) in [6, 6.07) is 0.997. The minimum atomic E-state index is -0.852. The number of allylic oxidation sites excluding steroid dienone is 2. The van der Waals surface area contributed by atoms with Crippen molar-refractivity contribution in [3.8, 4) is 0 Å². The molecule has 3 fully saturated rings. The van der Waals surface area contributed by atoms with Crippen molar-refractivity contribution in [2.24, 2.45) is 5.92 Å². The van der Waals surface area contributed by atoms with Gasteiger partial charge in [0.1, 0.15) is 0 Å². The molecule has 30 heavy (non-hydrogen) atoms. The van der Waals surface area contributed by atoms with Crippen LogP contribution in [0.1, 0.15) is 78.8 Å². The van der Waals surface area contributed by atoms with Gasteiger partial charge in [-0.1, -0.05) is 24.8 Å². The van der Waals surface area contributed by atoms with Gasteiger partial charge in [0, 0.05) is 42.1 Å². The van der Waals surface area contributed by atoms with Crippen molar-refractivity contribution in [3.05, 3.63) is 41.2 Å². The SMILES string of the molecule is C=C/C=C\c1c(C(=O)O)c(C)n([C@H](C)C2CCC(N3CC(OC4CC4)C3)CC2)c1C. The zero-order valence-electron chi connectivity index (χ0n) is 18.6. The molecule has 0 aromatic carbocycles. The van der Waals surface area contributed by atoms with E-state index in [0.717, 1.165) is 30.0 Å². The molecule has 164 valence electrons. The first-order valence-corrected chi connectivity index (χ1v) is 11.5. The lowest BCUT2D eigenvalue weighted by atomic mass is 9.80. The second-order valence-electron chi connectivity index (χ2n) is 9.45. The first-order valence-electron chi connectivity index (χ1n) is 11.5. The van der Waals surface area contributed by atoms with Crippen LogP contribution in [0.15, 0.2) is 18.7 Å². The average molecular weight is 413 g/mol. The molecule has 2 saturated carbocycles. The molecule has 0 spiro atoms. The number of ether oxygens (including phenoxy) is 1. The minimum Gasteiger partial charge on any atom is -0.478 e. The molecule has 1 aromatic heterocycles. The van der Waals surface area contributed by atoms with Crippen LogP contribution in [0.2, 0.25) is 0 Å². The molecule has 4 rings (SSSR count). The largest absolute Gasteiger partial charge is 0.478 e. The molecule has 5 heteroatoms. The van der Waals surface area contributed by atoms with Crippen molar-refractivity contribution < 1.29 is 14.6 Å². The maximum atomic E-state index is 11.9. The maximum Gasteiger partial charge on any atom is 0.338 e. The smallest absolute Gasteiger partial charge is 0.338 e. The van der Waals surface area contributed by atoms with Crippen LogP contribution in [0.4, 0.5) is 0 Å². The van der Waals surface area contributed by atoms with Crippen molar-refractivity contribution in [1.82, 2.24) is 9.47 Å². The Balaban J connectivity index is 1.40. The van der Waals surface area contributed by atoms with Crippen LogP contribution in [0.5, 0.6) is 0 Å². The van der Waals surface area contributed by atoms with Crippen LogP contribution < -0.4 is 0 Å². The van der Waals surface area contributed by atoms with Crippen molar-refractivity contribution in [3.63, 3.8) is 0 Å². The van der Waals surface area contributed by atoms with E-state index in [9.17, 15) is 9.90 Å². The number of likely N-dealkylation sites (tertiary alicyclic amines) is 1. The third-order valence-electron chi connectivity index (χ3n) is 7.49. The predicted octanol–water partition coefficient (Wildman–Crippen LogP) is 4.99. The van der Waals surface area contributed by atoms with Crippen LogP contribution in [-0.2, 0) is 4.74 Å². The van der Waals surface area contributed by atoms with Crippen molar-refractivity contribution in [2.75, 3.05) is 13.1 Å². The lowest BCUT2D eigenvalue weighted by Gasteiger charge is -2.47. The molecular formula is C25H36N2O3. The number of carboxylic acid groups (broad SMARTS) is 1. The summed E-state index contributed by atoms with van der Waals surface area (Å²) in [5.41, 5.74) is 3.14. The Kier molecular flexibility index (Phi) is 6.21. The van der Waals surface area contributed by atoms with Crippen molar-refractivity contribution in [1.29, 1.82) is 0 Å². The first kappa shape index (κ1) is 21.4. The summed E-state index contributed by atoms with van der Waals surface area (Å²) >= 11 is 0. The standard InChI is InChI=1S/C25H36N2O3/c1-5-6-7-23-17(3)27(18(4)24(23)25(28)29)16(2)19-8-10-20(11-9-19)26-14-22(15-26)30-21-12-13-21/h5-7,16,19-22H,1,8-15H2,2-4H3,(H,28,29)/b7-6-/t16-,19?,20?/m1/s1. The van der Waals surface area contributed by atoms with Gasteiger partial charge >= 0.3 is 5.97 Å². The van der Waals surface area contributed by atoms with Crippen LogP contribution in [0.25, 0.3) is 6.08 Å². The lowest BCUT2D eigenvalue weighted by Crippen LogP contribution is -2.57. The highest BCUT2D eigenvalue weighted by atomic mass is 16.5. The molecule has 3 aliphatic rings. The number of hydrogen-bond acceptors (Lipinski definition) is 3. The highest BCUT2D eigenvalue weighted by Gasteiger charge is 2.39. The van der Waals surface area contributed by atoms with Gasteiger partial charge in [0.15, 0.2) is 0 Å². The molecule has 5 nitrogen and oxygen atoms in total. The molecule has 1 atom stereocenters. The first-order chi connectivity index (χ1) is 14.4. The Bertz CT molecular complexity index is 822. The van der Waals surface area contributed by atoms with E-state index < -0.39 is 5.97 Å². The van der Waals surface area contributed by atoms with E-state index in [1.54, 1.807) is 6.08 Å². The summed E-state index contributed by atoms with van der Waals surface area (Å²) in [7, 11) is 0. The fourth-order valence-electron chi connectivity index (χ4n) is 5.62. The molecule has 0 bridgehead atoms. The molecular weight excluding hydrogens is 376 g/mol. The summed E-state index contributed by atoms with van der Waals surface area (Å²) < 4.78 is 8.28. The summed E-state index contributed by atoms with van der Waals surface area (Å²) in [5.74, 6) is -0.265. The molecule has 0 amide bonds. The van der Waals surface area contributed by atoms with Gasteiger partial charge in [0.05, 0.1) is 17.8 Å². The van der Waals surface area contributed by atoms with Gasteiger partial charge < -0.3 is 14.4 Å². The number of aromatic nitrogens is 1. The van der Waals surface area contributed by atoms with E-state index in [4.69, 9.17) is 4.74 Å². The average Bonchev–Trinajstić information content (AvgIpc) is 3.47. The Hall–Kier alpha value is -1.85. The second kappa shape index (κ2) is 8.72. The minimum absolute atomic E-state index is 0.303. The Morgan fingerprint density at radius 3 is 2.33 bits per heavy atom. The van der Waals surface area contributed by atoms with E-state index in [1.165, 1.54) is 38.5 Å². The van der Waals surface area contributed by atoms with Gasteiger partial charge in [-0.15, -0.1) is 0 Å².